The number of hydrogen-bond donors (Lipinski definition) is 0. The fourth-order valence-corrected chi connectivity index (χ4v) is 3.28. The minimum absolute atomic E-state index is 0.0357. The Balaban J connectivity index is 2.46. The molecule has 0 aromatic heterocycles. The van der Waals surface area contributed by atoms with Gasteiger partial charge in [-0.15, -0.1) is 0 Å². The van der Waals surface area contributed by atoms with Gasteiger partial charge in [-0.2, -0.15) is 13.2 Å². The number of unbranched alkanes of at least 4 members (excludes halogenated alkanes) is 1. The molecule has 8 heteroatoms. The number of rotatable bonds is 6. The first-order chi connectivity index (χ1) is 13.5. The van der Waals surface area contributed by atoms with E-state index in [4.69, 9.17) is 9.47 Å². The van der Waals surface area contributed by atoms with Crippen LogP contribution in [-0.2, 0) is 22.1 Å². The van der Waals surface area contributed by atoms with Gasteiger partial charge in [0.1, 0.15) is 17.6 Å². The van der Waals surface area contributed by atoms with E-state index in [9.17, 15) is 22.8 Å². The lowest BCUT2D eigenvalue weighted by Crippen LogP contribution is -2.43. The number of halogens is 3. The van der Waals surface area contributed by atoms with Crippen molar-refractivity contribution in [2.45, 2.75) is 71.2 Å². The van der Waals surface area contributed by atoms with Crippen molar-refractivity contribution in [3.05, 3.63) is 28.8 Å². The Bertz CT molecular complexity index is 741. The summed E-state index contributed by atoms with van der Waals surface area (Å²) < 4.78 is 51.5. The van der Waals surface area contributed by atoms with Crippen molar-refractivity contribution in [3.63, 3.8) is 0 Å². The van der Waals surface area contributed by atoms with Crippen molar-refractivity contribution < 1.29 is 32.2 Å². The van der Waals surface area contributed by atoms with Gasteiger partial charge in [0.25, 0.3) is 0 Å². The highest BCUT2D eigenvalue weighted by Gasteiger charge is 2.39. The molecular weight excluding hydrogens is 387 g/mol. The molecule has 0 saturated carbocycles. The number of alkyl halides is 3. The Kier molecular flexibility index (Phi) is 7.19. The number of nitrogens with zero attached hydrogens (tertiary/aromatic N) is 1. The summed E-state index contributed by atoms with van der Waals surface area (Å²) in [5.74, 6) is -0.272. The minimum atomic E-state index is -4.56. The average Bonchev–Trinajstić information content (AvgIpc) is 2.59. The van der Waals surface area contributed by atoms with Crippen LogP contribution < -0.4 is 4.74 Å². The normalized spacial score (nSPS) is 16.9. The Labute approximate surface area is 169 Å². The molecule has 1 aliphatic rings. The van der Waals surface area contributed by atoms with Crippen LogP contribution in [0.15, 0.2) is 12.1 Å². The predicted molar refractivity (Wildman–Crippen MR) is 102 cm³/mol. The number of benzene rings is 1. The zero-order valence-electron chi connectivity index (χ0n) is 17.3. The van der Waals surface area contributed by atoms with E-state index in [1.165, 1.54) is 11.0 Å². The summed E-state index contributed by atoms with van der Waals surface area (Å²) in [6.07, 6.45) is -2.88. The maximum Gasteiger partial charge on any atom is 0.419 e. The third-order valence-corrected chi connectivity index (χ3v) is 4.61. The van der Waals surface area contributed by atoms with Crippen molar-refractivity contribution in [3.8, 4) is 5.75 Å². The van der Waals surface area contributed by atoms with Crippen molar-refractivity contribution in [2.24, 2.45) is 0 Å². The second kappa shape index (κ2) is 9.05. The molecule has 29 heavy (non-hydrogen) atoms. The van der Waals surface area contributed by atoms with Gasteiger partial charge in [0.2, 0.25) is 0 Å². The smallest absolute Gasteiger partial charge is 0.419 e. The molecule has 1 heterocycles. The Morgan fingerprint density at radius 1 is 1.28 bits per heavy atom. The van der Waals surface area contributed by atoms with E-state index in [1.54, 1.807) is 20.8 Å². The average molecular weight is 415 g/mol. The fraction of sp³-hybridized carbons (Fsp3) is 0.619. The first kappa shape index (κ1) is 23.0. The van der Waals surface area contributed by atoms with Gasteiger partial charge in [0.05, 0.1) is 18.2 Å². The van der Waals surface area contributed by atoms with E-state index in [2.05, 4.69) is 0 Å². The number of carbonyl (C=O) groups excluding carboxylic acids is 2. The third kappa shape index (κ3) is 5.87. The van der Waals surface area contributed by atoms with Crippen LogP contribution in [0.1, 0.15) is 69.7 Å². The molecule has 0 aliphatic carbocycles. The van der Waals surface area contributed by atoms with E-state index < -0.39 is 29.5 Å². The van der Waals surface area contributed by atoms with Crippen LogP contribution >= 0.6 is 0 Å². The SMILES string of the molecule is CCCCOc1cc2c(cc1C(F)(F)F)CCN(C(=O)OC(C)(C)C)[C@@H]2CC=O. The van der Waals surface area contributed by atoms with Gasteiger partial charge in [-0.3, -0.25) is 0 Å². The van der Waals surface area contributed by atoms with Crippen LogP contribution in [0.5, 0.6) is 5.75 Å². The largest absolute Gasteiger partial charge is 0.493 e. The Morgan fingerprint density at radius 2 is 1.97 bits per heavy atom. The number of fused-ring (bicyclic) bond motifs is 1. The van der Waals surface area contributed by atoms with E-state index >= 15 is 0 Å². The zero-order chi connectivity index (χ0) is 21.8. The summed E-state index contributed by atoms with van der Waals surface area (Å²) in [6, 6.07) is 1.72. The molecule has 1 aromatic carbocycles. The van der Waals surface area contributed by atoms with Crippen molar-refractivity contribution >= 4 is 12.4 Å². The van der Waals surface area contributed by atoms with Gasteiger partial charge in [-0.1, -0.05) is 13.3 Å². The summed E-state index contributed by atoms with van der Waals surface area (Å²) in [5, 5.41) is 0. The summed E-state index contributed by atoms with van der Waals surface area (Å²) in [5.41, 5.74) is -0.596. The number of ether oxygens (including phenoxy) is 2. The predicted octanol–water partition coefficient (Wildman–Crippen LogP) is 5.31. The molecule has 0 fully saturated rings. The Hall–Kier alpha value is -2.25. The summed E-state index contributed by atoms with van der Waals surface area (Å²) in [6.45, 7) is 7.44. The Morgan fingerprint density at radius 3 is 2.52 bits per heavy atom. The molecular formula is C21H28F3NO4. The molecule has 1 aromatic rings. The molecule has 1 aliphatic heterocycles. The van der Waals surface area contributed by atoms with Crippen molar-refractivity contribution in [1.82, 2.24) is 4.90 Å². The maximum absolute atomic E-state index is 13.5. The zero-order valence-corrected chi connectivity index (χ0v) is 17.3. The highest BCUT2D eigenvalue weighted by Crippen LogP contribution is 2.42. The topological polar surface area (TPSA) is 55.8 Å². The van der Waals surface area contributed by atoms with Crippen LogP contribution in [0.2, 0.25) is 0 Å². The highest BCUT2D eigenvalue weighted by molar-refractivity contribution is 5.71. The van der Waals surface area contributed by atoms with Gasteiger partial charge in [0.15, 0.2) is 0 Å². The molecule has 1 amide bonds. The molecule has 5 nitrogen and oxygen atoms in total. The molecule has 0 bridgehead atoms. The van der Waals surface area contributed by atoms with Gasteiger partial charge in [-0.25, -0.2) is 4.79 Å². The van der Waals surface area contributed by atoms with Crippen LogP contribution in [-0.4, -0.2) is 36.0 Å². The van der Waals surface area contributed by atoms with Gasteiger partial charge < -0.3 is 19.2 Å². The quantitative estimate of drug-likeness (QED) is 0.467. The molecule has 2 rings (SSSR count). The molecule has 0 N–H and O–H groups in total. The lowest BCUT2D eigenvalue weighted by Gasteiger charge is -2.38. The van der Waals surface area contributed by atoms with Crippen LogP contribution in [0.4, 0.5) is 18.0 Å². The van der Waals surface area contributed by atoms with Gasteiger partial charge >= 0.3 is 12.3 Å². The molecule has 0 saturated heterocycles. The highest BCUT2D eigenvalue weighted by atomic mass is 19.4. The first-order valence-electron chi connectivity index (χ1n) is 9.78. The number of aldehydes is 1. The first-order valence-corrected chi connectivity index (χ1v) is 9.78. The number of carbonyl (C=O) groups is 2. The summed E-state index contributed by atoms with van der Waals surface area (Å²) in [4.78, 5) is 25.3. The monoisotopic (exact) mass is 415 g/mol. The maximum atomic E-state index is 13.5. The fourth-order valence-electron chi connectivity index (χ4n) is 3.28. The van der Waals surface area contributed by atoms with E-state index in [-0.39, 0.29) is 31.7 Å². The molecule has 1 atom stereocenters. The standard InChI is InChI=1S/C21H28F3NO4/c1-5-6-11-28-18-13-15-14(12-16(18)21(22,23)24)7-9-25(17(15)8-10-26)19(27)29-20(2,3)4/h10,12-13,17H,5-9,11H2,1-4H3/t17-/m1/s1. The second-order valence-electron chi connectivity index (χ2n) is 8.09. The molecule has 0 radical (unpaired) electrons. The lowest BCUT2D eigenvalue weighted by molar-refractivity contribution is -0.139. The van der Waals surface area contributed by atoms with Crippen LogP contribution in [0.3, 0.4) is 0 Å². The minimum Gasteiger partial charge on any atom is -0.493 e. The van der Waals surface area contributed by atoms with Crippen molar-refractivity contribution in [2.75, 3.05) is 13.2 Å². The molecule has 0 spiro atoms. The lowest BCUT2D eigenvalue weighted by atomic mass is 9.89. The number of hydrogen-bond acceptors (Lipinski definition) is 4. The van der Waals surface area contributed by atoms with E-state index in [0.29, 0.717) is 23.8 Å². The second-order valence-corrected chi connectivity index (χ2v) is 8.09. The van der Waals surface area contributed by atoms with E-state index in [0.717, 1.165) is 12.5 Å². The van der Waals surface area contributed by atoms with Crippen LogP contribution in [0.25, 0.3) is 0 Å². The van der Waals surface area contributed by atoms with Gasteiger partial charge in [0, 0.05) is 13.0 Å². The molecule has 162 valence electrons. The van der Waals surface area contributed by atoms with Gasteiger partial charge in [-0.05, 0) is 56.9 Å². The van der Waals surface area contributed by atoms with E-state index in [1.807, 2.05) is 6.92 Å². The third-order valence-electron chi connectivity index (χ3n) is 4.61. The number of amides is 1. The summed E-state index contributed by atoms with van der Waals surface area (Å²) in [7, 11) is 0. The summed E-state index contributed by atoms with van der Waals surface area (Å²) >= 11 is 0. The van der Waals surface area contributed by atoms with Crippen molar-refractivity contribution in [1.29, 1.82) is 0 Å². The van der Waals surface area contributed by atoms with Crippen LogP contribution in [0, 0.1) is 0 Å². The molecule has 0 unspecified atom stereocenters.